The zero-order chi connectivity index (χ0) is 16.8. The molecule has 23 heavy (non-hydrogen) atoms. The fraction of sp³-hybridized carbons (Fsp3) is 0.462. The summed E-state index contributed by atoms with van der Waals surface area (Å²) in [6.45, 7) is 3.44. The third kappa shape index (κ3) is 4.63. The average Bonchev–Trinajstić information content (AvgIpc) is 2.88. The van der Waals surface area contributed by atoms with E-state index in [0.29, 0.717) is 10.7 Å². The Kier molecular flexibility index (Phi) is 5.88. The van der Waals surface area contributed by atoms with Crippen LogP contribution in [0.1, 0.15) is 13.8 Å². The highest BCUT2D eigenvalue weighted by Gasteiger charge is 2.13. The van der Waals surface area contributed by atoms with Gasteiger partial charge in [0.15, 0.2) is 5.65 Å². The van der Waals surface area contributed by atoms with Gasteiger partial charge in [-0.05, 0) is 6.26 Å². The van der Waals surface area contributed by atoms with E-state index in [9.17, 15) is 9.59 Å². The first-order valence-corrected chi connectivity index (χ1v) is 7.99. The summed E-state index contributed by atoms with van der Waals surface area (Å²) >= 11 is 1.42. The molecule has 0 saturated carbocycles. The van der Waals surface area contributed by atoms with Gasteiger partial charge in [-0.1, -0.05) is 0 Å². The van der Waals surface area contributed by atoms with Crippen LogP contribution in [0.3, 0.4) is 0 Å². The number of rotatable bonds is 7. The van der Waals surface area contributed by atoms with E-state index in [4.69, 9.17) is 9.47 Å². The number of carbonyl (C=O) groups is 2. The molecule has 0 spiro atoms. The number of thioether (sulfide) groups is 1. The first kappa shape index (κ1) is 17.2. The predicted octanol–water partition coefficient (Wildman–Crippen LogP) is 1.04. The van der Waals surface area contributed by atoms with Gasteiger partial charge in [0, 0.05) is 13.8 Å². The Morgan fingerprint density at radius 1 is 1.30 bits per heavy atom. The lowest BCUT2D eigenvalue weighted by atomic mass is 10.5. The van der Waals surface area contributed by atoms with Gasteiger partial charge in [-0.15, -0.1) is 11.8 Å². The SMILES string of the molecule is CSc1nc(NC(C)=O)nc2ncn(COCCOC(C)=O)c12. The molecule has 0 aromatic carbocycles. The highest BCUT2D eigenvalue weighted by atomic mass is 32.2. The van der Waals surface area contributed by atoms with Gasteiger partial charge in [0.05, 0.1) is 12.9 Å². The minimum absolute atomic E-state index is 0.195. The Labute approximate surface area is 136 Å². The Balaban J connectivity index is 2.12. The number of aromatic nitrogens is 4. The van der Waals surface area contributed by atoms with Crippen molar-refractivity contribution in [3.8, 4) is 0 Å². The summed E-state index contributed by atoms with van der Waals surface area (Å²) in [4.78, 5) is 34.5. The van der Waals surface area contributed by atoms with Crippen molar-refractivity contribution in [3.63, 3.8) is 0 Å². The minimum Gasteiger partial charge on any atom is -0.463 e. The molecule has 2 rings (SSSR count). The maximum absolute atomic E-state index is 11.1. The molecular formula is C13H17N5O4S. The molecule has 0 aliphatic rings. The highest BCUT2D eigenvalue weighted by molar-refractivity contribution is 7.98. The average molecular weight is 339 g/mol. The Bertz CT molecular complexity index is 718. The number of fused-ring (bicyclic) bond motifs is 1. The van der Waals surface area contributed by atoms with Crippen molar-refractivity contribution in [1.82, 2.24) is 19.5 Å². The monoisotopic (exact) mass is 339 g/mol. The van der Waals surface area contributed by atoms with E-state index < -0.39 is 0 Å². The van der Waals surface area contributed by atoms with E-state index in [1.807, 2.05) is 6.26 Å². The number of carbonyl (C=O) groups excluding carboxylic acids is 2. The molecule has 0 unspecified atom stereocenters. The second-order valence-electron chi connectivity index (χ2n) is 4.50. The maximum atomic E-state index is 11.1. The normalized spacial score (nSPS) is 10.7. The van der Waals surface area contributed by atoms with Crippen LogP contribution in [0.25, 0.3) is 11.2 Å². The summed E-state index contributed by atoms with van der Waals surface area (Å²) < 4.78 is 12.0. The van der Waals surface area contributed by atoms with Crippen molar-refractivity contribution in [1.29, 1.82) is 0 Å². The maximum Gasteiger partial charge on any atom is 0.302 e. The molecule has 0 radical (unpaired) electrons. The molecule has 0 fully saturated rings. The van der Waals surface area contributed by atoms with Crippen LogP contribution in [0.5, 0.6) is 0 Å². The molecule has 1 N–H and O–H groups in total. The Morgan fingerprint density at radius 3 is 2.74 bits per heavy atom. The summed E-state index contributed by atoms with van der Waals surface area (Å²) in [5, 5.41) is 3.23. The van der Waals surface area contributed by atoms with Gasteiger partial charge in [-0.25, -0.2) is 9.97 Å². The lowest BCUT2D eigenvalue weighted by Gasteiger charge is -2.09. The number of hydrogen-bond acceptors (Lipinski definition) is 8. The molecule has 124 valence electrons. The number of hydrogen-bond donors (Lipinski definition) is 1. The molecule has 0 aliphatic carbocycles. The molecule has 10 heteroatoms. The number of nitrogens with one attached hydrogen (secondary N) is 1. The number of esters is 1. The van der Waals surface area contributed by atoms with Crippen LogP contribution in [0, 0.1) is 0 Å². The summed E-state index contributed by atoms with van der Waals surface area (Å²) in [7, 11) is 0. The van der Waals surface area contributed by atoms with E-state index >= 15 is 0 Å². The smallest absolute Gasteiger partial charge is 0.302 e. The first-order valence-electron chi connectivity index (χ1n) is 6.77. The van der Waals surface area contributed by atoms with Crippen molar-refractivity contribution in [2.75, 3.05) is 24.8 Å². The van der Waals surface area contributed by atoms with E-state index in [-0.39, 0.29) is 37.8 Å². The van der Waals surface area contributed by atoms with Gasteiger partial charge >= 0.3 is 5.97 Å². The molecule has 0 bridgehead atoms. The van der Waals surface area contributed by atoms with Crippen LogP contribution in [0.2, 0.25) is 0 Å². The van der Waals surface area contributed by atoms with Gasteiger partial charge in [0.1, 0.15) is 23.9 Å². The van der Waals surface area contributed by atoms with E-state index in [2.05, 4.69) is 20.3 Å². The predicted molar refractivity (Wildman–Crippen MR) is 84.0 cm³/mol. The Hall–Kier alpha value is -2.20. The molecule has 9 nitrogen and oxygen atoms in total. The molecular weight excluding hydrogens is 322 g/mol. The van der Waals surface area contributed by atoms with Gasteiger partial charge in [0.2, 0.25) is 11.9 Å². The van der Waals surface area contributed by atoms with Crippen molar-refractivity contribution in [3.05, 3.63) is 6.33 Å². The molecule has 1 amide bonds. The zero-order valence-corrected chi connectivity index (χ0v) is 13.8. The Morgan fingerprint density at radius 2 is 2.09 bits per heavy atom. The third-order valence-corrected chi connectivity index (χ3v) is 3.36. The second-order valence-corrected chi connectivity index (χ2v) is 5.30. The quantitative estimate of drug-likeness (QED) is 0.345. The van der Waals surface area contributed by atoms with Gasteiger partial charge in [0.25, 0.3) is 0 Å². The third-order valence-electron chi connectivity index (χ3n) is 2.68. The lowest BCUT2D eigenvalue weighted by molar-refractivity contribution is -0.142. The summed E-state index contributed by atoms with van der Waals surface area (Å²) in [6.07, 6.45) is 3.46. The molecule has 2 aromatic rings. The standard InChI is InChI=1S/C13H17N5O4S/c1-8(19)15-13-16-11-10(12(17-13)23-3)18(6-14-11)7-21-4-5-22-9(2)20/h6H,4-5,7H2,1-3H3,(H,15,16,17,19). The van der Waals surface area contributed by atoms with Crippen LogP contribution in [0.15, 0.2) is 11.4 Å². The number of imidazole rings is 1. The van der Waals surface area contributed by atoms with Crippen molar-refractivity contribution < 1.29 is 19.1 Å². The van der Waals surface area contributed by atoms with E-state index in [1.165, 1.54) is 25.6 Å². The molecule has 0 atom stereocenters. The van der Waals surface area contributed by atoms with Crippen LogP contribution in [-0.4, -0.2) is 50.9 Å². The first-order chi connectivity index (χ1) is 11.0. The van der Waals surface area contributed by atoms with Crippen LogP contribution in [-0.2, 0) is 25.8 Å². The van der Waals surface area contributed by atoms with Crippen LogP contribution >= 0.6 is 11.8 Å². The molecule has 0 aliphatic heterocycles. The van der Waals surface area contributed by atoms with Crippen molar-refractivity contribution in [2.24, 2.45) is 0 Å². The number of ether oxygens (including phenoxy) is 2. The van der Waals surface area contributed by atoms with Crippen molar-refractivity contribution >= 4 is 40.8 Å². The number of nitrogens with zero attached hydrogens (tertiary/aromatic N) is 4. The largest absolute Gasteiger partial charge is 0.463 e. The van der Waals surface area contributed by atoms with Gasteiger partial charge in [-0.3, -0.25) is 14.9 Å². The molecule has 2 heterocycles. The van der Waals surface area contributed by atoms with Gasteiger partial charge in [-0.2, -0.15) is 4.98 Å². The highest BCUT2D eigenvalue weighted by Crippen LogP contribution is 2.24. The summed E-state index contributed by atoms with van der Waals surface area (Å²) in [6, 6.07) is 0. The van der Waals surface area contributed by atoms with Crippen LogP contribution < -0.4 is 5.32 Å². The molecule has 0 saturated heterocycles. The topological polar surface area (TPSA) is 108 Å². The summed E-state index contributed by atoms with van der Waals surface area (Å²) in [5.74, 6) is -0.370. The number of amides is 1. The second kappa shape index (κ2) is 7.88. The van der Waals surface area contributed by atoms with E-state index in [1.54, 1.807) is 10.9 Å². The van der Waals surface area contributed by atoms with E-state index in [0.717, 1.165) is 5.52 Å². The van der Waals surface area contributed by atoms with Crippen LogP contribution in [0.4, 0.5) is 5.95 Å². The van der Waals surface area contributed by atoms with Gasteiger partial charge < -0.3 is 14.0 Å². The fourth-order valence-corrected chi connectivity index (χ4v) is 2.39. The lowest BCUT2D eigenvalue weighted by Crippen LogP contribution is -2.11. The summed E-state index contributed by atoms with van der Waals surface area (Å²) in [5.41, 5.74) is 1.19. The fourth-order valence-electron chi connectivity index (χ4n) is 1.81. The minimum atomic E-state index is -0.342. The zero-order valence-electron chi connectivity index (χ0n) is 13.0. The number of anilines is 1. The van der Waals surface area contributed by atoms with Crippen molar-refractivity contribution in [2.45, 2.75) is 25.6 Å². The molecule has 2 aromatic heterocycles.